The minimum absolute atomic E-state index is 0.0210. The van der Waals surface area contributed by atoms with Gasteiger partial charge in [0.25, 0.3) is 0 Å². The first-order chi connectivity index (χ1) is 14.6. The predicted molar refractivity (Wildman–Crippen MR) is 109 cm³/mol. The van der Waals surface area contributed by atoms with Crippen LogP contribution in [0.5, 0.6) is 11.5 Å². The Hall–Kier alpha value is -3.11. The fourth-order valence-corrected chi connectivity index (χ4v) is 3.74. The van der Waals surface area contributed by atoms with Gasteiger partial charge in [-0.15, -0.1) is 0 Å². The van der Waals surface area contributed by atoms with Crippen molar-refractivity contribution in [3.05, 3.63) is 34.1 Å². The topological polar surface area (TPSA) is 147 Å². The first-order valence-corrected chi connectivity index (χ1v) is 9.62. The largest absolute Gasteiger partial charge is 0.507 e. The third-order valence-electron chi connectivity index (χ3n) is 5.34. The normalized spacial score (nSPS) is 23.8. The van der Waals surface area contributed by atoms with E-state index in [4.69, 9.17) is 36.4 Å². The van der Waals surface area contributed by atoms with E-state index in [1.165, 1.54) is 20.3 Å². The lowest BCUT2D eigenvalue weighted by atomic mass is 9.75. The van der Waals surface area contributed by atoms with Crippen LogP contribution in [-0.4, -0.2) is 54.4 Å². The number of hydrogen-bond acceptors (Lipinski definition) is 9. The molecular weight excluding hydrogens is 432 g/mol. The van der Waals surface area contributed by atoms with Gasteiger partial charge in [0.15, 0.2) is 17.4 Å². The summed E-state index contributed by atoms with van der Waals surface area (Å²) in [5, 5.41) is 13.8. The number of allylic oxidation sites excluding steroid dienone is 1. The Morgan fingerprint density at radius 2 is 2.10 bits per heavy atom. The maximum atomic E-state index is 13.3. The molecule has 3 rings (SSSR count). The van der Waals surface area contributed by atoms with E-state index >= 15 is 0 Å². The molecule has 3 N–H and O–H groups in total. The Bertz CT molecular complexity index is 1030. The number of nitrogens with two attached hydrogens (primary N) is 1. The first kappa shape index (κ1) is 22.6. The van der Waals surface area contributed by atoms with E-state index in [9.17, 15) is 19.5 Å². The molecule has 0 bridgehead atoms. The van der Waals surface area contributed by atoms with Crippen LogP contribution in [0.25, 0.3) is 0 Å². The third-order valence-corrected chi connectivity index (χ3v) is 5.71. The van der Waals surface area contributed by atoms with Crippen molar-refractivity contribution in [1.82, 2.24) is 0 Å². The smallest absolute Gasteiger partial charge is 0.367 e. The zero-order chi connectivity index (χ0) is 23.1. The van der Waals surface area contributed by atoms with Gasteiger partial charge in [-0.3, -0.25) is 9.59 Å². The summed E-state index contributed by atoms with van der Waals surface area (Å²) in [5.74, 6) is -3.46. The highest BCUT2D eigenvalue weighted by molar-refractivity contribution is 6.36. The SMILES string of the molecule is COc1cc(C(=O)O/N=C(\N)C(C)OC)c(Cl)c2c1C(=O)[C@@]1(O2)C(O)=CC(=O)C[C@H]1C. The number of ether oxygens (including phenoxy) is 3. The third kappa shape index (κ3) is 3.51. The van der Waals surface area contributed by atoms with E-state index in [0.29, 0.717) is 0 Å². The van der Waals surface area contributed by atoms with Gasteiger partial charge in [-0.05, 0) is 13.0 Å². The lowest BCUT2D eigenvalue weighted by Crippen LogP contribution is -2.51. The molecule has 0 saturated heterocycles. The Kier molecular flexibility index (Phi) is 5.97. The van der Waals surface area contributed by atoms with Crippen LogP contribution in [0, 0.1) is 5.92 Å². The van der Waals surface area contributed by atoms with Crippen LogP contribution < -0.4 is 15.2 Å². The number of aliphatic hydroxyl groups is 1. The van der Waals surface area contributed by atoms with Crippen LogP contribution in [0.4, 0.5) is 0 Å². The highest BCUT2D eigenvalue weighted by Crippen LogP contribution is 2.52. The van der Waals surface area contributed by atoms with E-state index in [2.05, 4.69) is 5.16 Å². The molecule has 1 heterocycles. The van der Waals surface area contributed by atoms with Crippen LogP contribution in [0.3, 0.4) is 0 Å². The molecule has 1 aliphatic carbocycles. The molecule has 11 heteroatoms. The quantitative estimate of drug-likeness (QED) is 0.297. The number of benzene rings is 1. The Labute approximate surface area is 182 Å². The average Bonchev–Trinajstić information content (AvgIpc) is 3.05. The summed E-state index contributed by atoms with van der Waals surface area (Å²) in [4.78, 5) is 42.5. The van der Waals surface area contributed by atoms with E-state index in [0.717, 1.165) is 6.08 Å². The highest BCUT2D eigenvalue weighted by atomic mass is 35.5. The summed E-state index contributed by atoms with van der Waals surface area (Å²) >= 11 is 6.37. The molecule has 0 saturated carbocycles. The zero-order valence-corrected chi connectivity index (χ0v) is 18.0. The number of Topliss-reactive ketones (excluding diaryl/α,β-unsaturated/α-hetero) is 1. The summed E-state index contributed by atoms with van der Waals surface area (Å²) in [6.07, 6.45) is 0.335. The van der Waals surface area contributed by atoms with Crippen molar-refractivity contribution in [2.75, 3.05) is 14.2 Å². The number of carbonyl (C=O) groups is 3. The van der Waals surface area contributed by atoms with Gasteiger partial charge in [0.1, 0.15) is 23.2 Å². The molecular formula is C20H21ClN2O8. The summed E-state index contributed by atoms with van der Waals surface area (Å²) in [7, 11) is 2.70. The number of amidine groups is 1. The highest BCUT2D eigenvalue weighted by Gasteiger charge is 2.59. The minimum atomic E-state index is -1.84. The van der Waals surface area contributed by atoms with E-state index in [1.807, 2.05) is 0 Å². The molecule has 1 aromatic carbocycles. The summed E-state index contributed by atoms with van der Waals surface area (Å²) in [6, 6.07) is 1.20. The van der Waals surface area contributed by atoms with E-state index in [-0.39, 0.29) is 45.7 Å². The first-order valence-electron chi connectivity index (χ1n) is 9.24. The second kappa shape index (κ2) is 8.20. The van der Waals surface area contributed by atoms with E-state index < -0.39 is 35.1 Å². The number of rotatable bonds is 5. The molecule has 0 amide bonds. The maximum Gasteiger partial charge on any atom is 0.367 e. The van der Waals surface area contributed by atoms with Gasteiger partial charge in [0.05, 0.1) is 17.7 Å². The number of carbonyl (C=O) groups excluding carboxylic acids is 3. The molecule has 3 atom stereocenters. The maximum absolute atomic E-state index is 13.3. The molecule has 1 aromatic rings. The molecule has 1 unspecified atom stereocenters. The van der Waals surface area contributed by atoms with Crippen LogP contribution in [0.15, 0.2) is 23.1 Å². The minimum Gasteiger partial charge on any atom is -0.507 e. The second-order valence-corrected chi connectivity index (χ2v) is 7.56. The second-order valence-electron chi connectivity index (χ2n) is 7.19. The number of hydrogen-bond donors (Lipinski definition) is 2. The number of nitrogens with zero attached hydrogens (tertiary/aromatic N) is 1. The fourth-order valence-electron chi connectivity index (χ4n) is 3.47. The van der Waals surface area contributed by atoms with Crippen molar-refractivity contribution in [2.45, 2.75) is 32.0 Å². The van der Waals surface area contributed by atoms with Crippen molar-refractivity contribution in [1.29, 1.82) is 0 Å². The van der Waals surface area contributed by atoms with E-state index in [1.54, 1.807) is 13.8 Å². The molecule has 1 spiro atoms. The Balaban J connectivity index is 2.06. The average molecular weight is 453 g/mol. The lowest BCUT2D eigenvalue weighted by Gasteiger charge is -2.34. The molecule has 31 heavy (non-hydrogen) atoms. The molecule has 0 fully saturated rings. The van der Waals surface area contributed by atoms with Gasteiger partial charge in [-0.2, -0.15) is 0 Å². The molecule has 166 valence electrons. The van der Waals surface area contributed by atoms with Crippen molar-refractivity contribution in [3.63, 3.8) is 0 Å². The van der Waals surface area contributed by atoms with Crippen molar-refractivity contribution in [2.24, 2.45) is 16.8 Å². The number of fused-ring (bicyclic) bond motifs is 1. The molecule has 2 aliphatic rings. The lowest BCUT2D eigenvalue weighted by molar-refractivity contribution is -0.118. The van der Waals surface area contributed by atoms with Gasteiger partial charge >= 0.3 is 5.97 Å². The van der Waals surface area contributed by atoms with Crippen LogP contribution in [0.1, 0.15) is 41.0 Å². The van der Waals surface area contributed by atoms with Gasteiger partial charge in [0.2, 0.25) is 11.4 Å². The number of halogens is 1. The summed E-state index contributed by atoms with van der Waals surface area (Å²) in [5.41, 5.74) is 3.55. The molecule has 0 radical (unpaired) electrons. The number of aliphatic hydroxyl groups excluding tert-OH is 1. The molecule has 10 nitrogen and oxygen atoms in total. The summed E-state index contributed by atoms with van der Waals surface area (Å²) in [6.45, 7) is 3.20. The van der Waals surface area contributed by atoms with Crippen LogP contribution >= 0.6 is 11.6 Å². The predicted octanol–water partition coefficient (Wildman–Crippen LogP) is 2.18. The van der Waals surface area contributed by atoms with Crippen molar-refractivity contribution >= 4 is 35.0 Å². The molecule has 1 aliphatic heterocycles. The number of oxime groups is 1. The number of methoxy groups -OCH3 is 2. The van der Waals surface area contributed by atoms with Crippen molar-refractivity contribution < 1.29 is 38.5 Å². The Morgan fingerprint density at radius 1 is 1.42 bits per heavy atom. The van der Waals surface area contributed by atoms with Gasteiger partial charge < -0.3 is 29.9 Å². The molecule has 0 aromatic heterocycles. The van der Waals surface area contributed by atoms with Gasteiger partial charge in [-0.1, -0.05) is 23.7 Å². The summed E-state index contributed by atoms with van der Waals surface area (Å²) < 4.78 is 16.1. The van der Waals surface area contributed by atoms with Gasteiger partial charge in [-0.25, -0.2) is 4.79 Å². The van der Waals surface area contributed by atoms with Crippen LogP contribution in [-0.2, 0) is 14.4 Å². The number of ketones is 2. The standard InChI is InChI=1S/C20H21ClN2O8/c1-8-5-10(24)6-13(25)20(8)17(26)14-12(29-4)7-11(15(21)16(14)30-20)19(27)31-23-18(22)9(2)28-3/h6-9,25H,5H2,1-4H3,(H2,22,23)/t8-,9?,20+/m1/s1. The van der Waals surface area contributed by atoms with Gasteiger partial charge in [0, 0.05) is 25.5 Å². The van der Waals surface area contributed by atoms with Crippen molar-refractivity contribution in [3.8, 4) is 11.5 Å². The monoisotopic (exact) mass is 452 g/mol. The van der Waals surface area contributed by atoms with Crippen LogP contribution in [0.2, 0.25) is 5.02 Å². The fraction of sp³-hybridized carbons (Fsp3) is 0.400. The Morgan fingerprint density at radius 3 is 2.68 bits per heavy atom. The zero-order valence-electron chi connectivity index (χ0n) is 17.2.